The van der Waals surface area contributed by atoms with Crippen molar-refractivity contribution in [2.45, 2.75) is 12.2 Å². The summed E-state index contributed by atoms with van der Waals surface area (Å²) < 4.78 is 5.43. The van der Waals surface area contributed by atoms with Crippen molar-refractivity contribution in [3.05, 3.63) is 23.7 Å². The average molecular weight is 266 g/mol. The first-order valence-electron chi connectivity index (χ1n) is 5.44. The zero-order chi connectivity index (χ0) is 12.7. The molecule has 7 heteroatoms. The first kappa shape index (κ1) is 11.4. The van der Waals surface area contributed by atoms with E-state index in [2.05, 4.69) is 10.3 Å². The van der Waals surface area contributed by atoms with Crippen molar-refractivity contribution in [3.8, 4) is 0 Å². The fourth-order valence-corrected chi connectivity index (χ4v) is 2.92. The molecule has 2 aliphatic rings. The highest BCUT2D eigenvalue weighted by atomic mass is 32.1. The third kappa shape index (κ3) is 1.72. The predicted octanol–water partition coefficient (Wildman–Crippen LogP) is 0.736. The Labute approximate surface area is 106 Å². The molecule has 2 N–H and O–H groups in total. The number of carboxylic acid groups (broad SMARTS) is 1. The van der Waals surface area contributed by atoms with Gasteiger partial charge in [0.1, 0.15) is 5.92 Å². The molecular formula is C11H10N2O4S. The smallest absolute Gasteiger partial charge is 0.310 e. The van der Waals surface area contributed by atoms with Crippen molar-refractivity contribution in [2.75, 3.05) is 5.32 Å². The van der Waals surface area contributed by atoms with E-state index >= 15 is 0 Å². The summed E-state index contributed by atoms with van der Waals surface area (Å²) in [4.78, 5) is 27.2. The van der Waals surface area contributed by atoms with E-state index in [9.17, 15) is 14.7 Å². The molecular weight excluding hydrogens is 256 g/mol. The van der Waals surface area contributed by atoms with Crippen molar-refractivity contribution >= 4 is 28.3 Å². The largest absolute Gasteiger partial charge is 0.481 e. The molecule has 0 spiro atoms. The summed E-state index contributed by atoms with van der Waals surface area (Å²) >= 11 is 1.29. The van der Waals surface area contributed by atoms with E-state index in [4.69, 9.17) is 4.74 Å². The molecule has 94 valence electrons. The van der Waals surface area contributed by atoms with E-state index in [1.807, 2.05) is 0 Å². The van der Waals surface area contributed by atoms with Gasteiger partial charge in [0.05, 0.1) is 18.1 Å². The van der Waals surface area contributed by atoms with Crippen LogP contribution < -0.4 is 5.32 Å². The molecule has 2 aliphatic heterocycles. The topological polar surface area (TPSA) is 88.5 Å². The fraction of sp³-hybridized carbons (Fsp3) is 0.364. The highest BCUT2D eigenvalue weighted by Crippen LogP contribution is 2.39. The number of aromatic nitrogens is 1. The van der Waals surface area contributed by atoms with Gasteiger partial charge in [-0.05, 0) is 0 Å². The van der Waals surface area contributed by atoms with E-state index in [0.717, 1.165) is 0 Å². The summed E-state index contributed by atoms with van der Waals surface area (Å²) in [5, 5.41) is 14.0. The van der Waals surface area contributed by atoms with Crippen LogP contribution in [0.2, 0.25) is 0 Å². The Hall–Kier alpha value is -1.73. The van der Waals surface area contributed by atoms with Gasteiger partial charge in [-0.25, -0.2) is 4.98 Å². The Morgan fingerprint density at radius 2 is 2.06 bits per heavy atom. The van der Waals surface area contributed by atoms with Crippen LogP contribution in [-0.4, -0.2) is 34.2 Å². The molecule has 0 aliphatic carbocycles. The molecule has 0 aromatic carbocycles. The molecule has 2 bridgehead atoms. The van der Waals surface area contributed by atoms with Crippen LogP contribution in [0.5, 0.6) is 0 Å². The quantitative estimate of drug-likeness (QED) is 0.788. The lowest BCUT2D eigenvalue weighted by Crippen LogP contribution is -2.39. The first-order valence-corrected chi connectivity index (χ1v) is 6.32. The first-order chi connectivity index (χ1) is 8.66. The van der Waals surface area contributed by atoms with Crippen LogP contribution in [0.3, 0.4) is 0 Å². The molecule has 18 heavy (non-hydrogen) atoms. The number of amides is 1. The monoisotopic (exact) mass is 266 g/mol. The predicted molar refractivity (Wildman–Crippen MR) is 63.2 cm³/mol. The molecule has 0 radical (unpaired) electrons. The summed E-state index contributed by atoms with van der Waals surface area (Å²) in [6.45, 7) is 0. The summed E-state index contributed by atoms with van der Waals surface area (Å²) in [7, 11) is 0. The second-order valence-corrected chi connectivity index (χ2v) is 5.06. The Morgan fingerprint density at radius 1 is 1.33 bits per heavy atom. The number of carboxylic acids is 1. The number of rotatable bonds is 3. The summed E-state index contributed by atoms with van der Waals surface area (Å²) in [6.07, 6.45) is 4.08. The highest BCUT2D eigenvalue weighted by molar-refractivity contribution is 7.13. The van der Waals surface area contributed by atoms with Gasteiger partial charge in [-0.1, -0.05) is 12.2 Å². The van der Waals surface area contributed by atoms with E-state index in [-0.39, 0.29) is 5.91 Å². The maximum absolute atomic E-state index is 12.1. The number of fused-ring (bicyclic) bond motifs is 2. The number of hydrogen-bond donors (Lipinski definition) is 2. The molecule has 1 saturated heterocycles. The third-order valence-electron chi connectivity index (χ3n) is 3.15. The molecule has 1 fully saturated rings. The lowest BCUT2D eigenvalue weighted by atomic mass is 9.82. The summed E-state index contributed by atoms with van der Waals surface area (Å²) in [6, 6.07) is 0. The standard InChI is InChI=1S/C11H10N2O4S/c14-9(13-11-12-3-4-18-11)7-5-1-2-6(17-5)8(7)10(15)16/h1-8H,(H,15,16)(H,12,13,14)/t5-,6+,7+,8+/m1/s1. The SMILES string of the molecule is O=C(O)[C@@H]1[C@@H](C(=O)Nc2nccs2)[C@H]2C=C[C@@H]1O2. The molecule has 0 saturated carbocycles. The zero-order valence-corrected chi connectivity index (χ0v) is 9.96. The van der Waals surface area contributed by atoms with Crippen LogP contribution in [0.1, 0.15) is 0 Å². The molecule has 0 unspecified atom stereocenters. The minimum absolute atomic E-state index is 0.353. The van der Waals surface area contributed by atoms with Crippen LogP contribution in [0.15, 0.2) is 23.7 Å². The second-order valence-electron chi connectivity index (χ2n) is 4.17. The lowest BCUT2D eigenvalue weighted by molar-refractivity contribution is -0.145. The average Bonchev–Trinajstić information content (AvgIpc) is 3.03. The van der Waals surface area contributed by atoms with E-state index in [0.29, 0.717) is 5.13 Å². The lowest BCUT2D eigenvalue weighted by Gasteiger charge is -2.20. The van der Waals surface area contributed by atoms with Crippen molar-refractivity contribution in [1.29, 1.82) is 0 Å². The van der Waals surface area contributed by atoms with Gasteiger partial charge >= 0.3 is 5.97 Å². The maximum atomic E-state index is 12.1. The number of nitrogens with one attached hydrogen (secondary N) is 1. The number of carbonyl (C=O) groups excluding carboxylic acids is 1. The minimum Gasteiger partial charge on any atom is -0.481 e. The van der Waals surface area contributed by atoms with Crippen molar-refractivity contribution in [2.24, 2.45) is 11.8 Å². The van der Waals surface area contributed by atoms with Crippen LogP contribution >= 0.6 is 11.3 Å². The van der Waals surface area contributed by atoms with Crippen molar-refractivity contribution in [3.63, 3.8) is 0 Å². The Morgan fingerprint density at radius 3 is 2.67 bits per heavy atom. The van der Waals surface area contributed by atoms with E-state index in [1.54, 1.807) is 23.7 Å². The van der Waals surface area contributed by atoms with Crippen molar-refractivity contribution < 1.29 is 19.4 Å². The van der Waals surface area contributed by atoms with Crippen LogP contribution in [-0.2, 0) is 14.3 Å². The molecule has 1 aromatic heterocycles. The number of hydrogen-bond acceptors (Lipinski definition) is 5. The van der Waals surface area contributed by atoms with Gasteiger partial charge < -0.3 is 15.2 Å². The number of ether oxygens (including phenoxy) is 1. The van der Waals surface area contributed by atoms with Gasteiger partial charge in [0.2, 0.25) is 5.91 Å². The molecule has 4 atom stereocenters. The second kappa shape index (κ2) is 4.18. The molecule has 3 rings (SSSR count). The third-order valence-corrected chi connectivity index (χ3v) is 3.84. The van der Waals surface area contributed by atoms with E-state index in [1.165, 1.54) is 11.3 Å². The Balaban J connectivity index is 1.80. The van der Waals surface area contributed by atoms with Crippen LogP contribution in [0.25, 0.3) is 0 Å². The number of nitrogens with zero attached hydrogens (tertiary/aromatic N) is 1. The maximum Gasteiger partial charge on any atom is 0.310 e. The van der Waals surface area contributed by atoms with Gasteiger partial charge in [-0.15, -0.1) is 11.3 Å². The minimum atomic E-state index is -1.01. The van der Waals surface area contributed by atoms with Crippen LogP contribution in [0.4, 0.5) is 5.13 Å². The molecule has 1 aromatic rings. The summed E-state index contributed by atoms with van der Waals surface area (Å²) in [5.41, 5.74) is 0. The Bertz CT molecular complexity index is 513. The normalized spacial score (nSPS) is 32.7. The summed E-state index contributed by atoms with van der Waals surface area (Å²) in [5.74, 6) is -2.87. The van der Waals surface area contributed by atoms with Gasteiger partial charge in [0.25, 0.3) is 0 Å². The van der Waals surface area contributed by atoms with Gasteiger partial charge in [-0.2, -0.15) is 0 Å². The molecule has 6 nitrogen and oxygen atoms in total. The molecule has 3 heterocycles. The molecule has 1 amide bonds. The highest BCUT2D eigenvalue weighted by Gasteiger charge is 2.53. The van der Waals surface area contributed by atoms with Gasteiger partial charge in [-0.3, -0.25) is 9.59 Å². The van der Waals surface area contributed by atoms with Gasteiger partial charge in [0.15, 0.2) is 5.13 Å². The van der Waals surface area contributed by atoms with Crippen molar-refractivity contribution in [1.82, 2.24) is 4.98 Å². The zero-order valence-electron chi connectivity index (χ0n) is 9.15. The fourth-order valence-electron chi connectivity index (χ4n) is 2.39. The number of anilines is 1. The van der Waals surface area contributed by atoms with Crippen LogP contribution in [0, 0.1) is 11.8 Å². The number of carbonyl (C=O) groups is 2. The number of aliphatic carboxylic acids is 1. The van der Waals surface area contributed by atoms with Gasteiger partial charge in [0, 0.05) is 11.6 Å². The van der Waals surface area contributed by atoms with E-state index < -0.39 is 30.0 Å². The Kier molecular flexibility index (Phi) is 2.64. The number of thiazole rings is 1.